The van der Waals surface area contributed by atoms with Crippen molar-refractivity contribution in [3.8, 4) is 0 Å². The lowest BCUT2D eigenvalue weighted by molar-refractivity contribution is -0.135. The molecule has 2 rings (SSSR count). The molecule has 15 heavy (non-hydrogen) atoms. The van der Waals surface area contributed by atoms with Crippen molar-refractivity contribution in [2.45, 2.75) is 6.10 Å². The number of rotatable bonds is 2. The number of ether oxygens (including phenoxy) is 1. The Labute approximate surface area is 88.0 Å². The molecule has 0 aromatic heterocycles. The van der Waals surface area contributed by atoms with Crippen LogP contribution < -0.4 is 0 Å². The van der Waals surface area contributed by atoms with Gasteiger partial charge in [-0.3, -0.25) is 0 Å². The van der Waals surface area contributed by atoms with E-state index in [0.717, 1.165) is 5.56 Å². The first-order valence-corrected chi connectivity index (χ1v) is 4.79. The minimum absolute atomic E-state index is 0.216. The van der Waals surface area contributed by atoms with E-state index < -0.39 is 12.1 Å². The number of hydrogen-bond donors (Lipinski definition) is 1. The number of aliphatic hydroxyl groups excluding tert-OH is 1. The largest absolute Gasteiger partial charge is 0.462 e. The summed E-state index contributed by atoms with van der Waals surface area (Å²) in [5.41, 5.74) is 1.13. The third-order valence-electron chi connectivity index (χ3n) is 2.63. The molecule has 3 nitrogen and oxygen atoms in total. The highest BCUT2D eigenvalue weighted by molar-refractivity contribution is 5.90. The summed E-state index contributed by atoms with van der Waals surface area (Å²) in [7, 11) is 0. The van der Waals surface area contributed by atoms with Crippen LogP contribution >= 0.6 is 0 Å². The Balaban J connectivity index is 2.19. The van der Waals surface area contributed by atoms with Crippen molar-refractivity contribution in [3.05, 3.63) is 48.0 Å². The van der Waals surface area contributed by atoms with Crippen molar-refractivity contribution >= 4 is 5.97 Å². The van der Waals surface area contributed by atoms with Crippen LogP contribution in [0.2, 0.25) is 0 Å². The molecular formula is C12H12O3. The van der Waals surface area contributed by atoms with Crippen LogP contribution in [0, 0.1) is 5.92 Å². The molecule has 0 spiro atoms. The van der Waals surface area contributed by atoms with Crippen molar-refractivity contribution in [2.75, 3.05) is 6.61 Å². The second kappa shape index (κ2) is 3.87. The van der Waals surface area contributed by atoms with E-state index >= 15 is 0 Å². The van der Waals surface area contributed by atoms with Gasteiger partial charge in [0.1, 0.15) is 6.61 Å². The van der Waals surface area contributed by atoms with Gasteiger partial charge in [-0.15, -0.1) is 0 Å². The molecule has 78 valence electrons. The minimum Gasteiger partial charge on any atom is -0.462 e. The van der Waals surface area contributed by atoms with Gasteiger partial charge in [-0.25, -0.2) is 4.79 Å². The summed E-state index contributed by atoms with van der Waals surface area (Å²) in [6.45, 7) is 3.84. The summed E-state index contributed by atoms with van der Waals surface area (Å²) in [4.78, 5) is 11.1. The number of carbonyl (C=O) groups is 1. The standard InChI is InChI=1S/C12H12O3/c1-8-10(7-15-12(8)14)11(13)9-5-3-2-4-6-9/h2-6,10-11,13H,1,7H2. The zero-order valence-corrected chi connectivity index (χ0v) is 8.22. The minimum atomic E-state index is -0.717. The van der Waals surface area contributed by atoms with Gasteiger partial charge in [0.15, 0.2) is 0 Å². The Bertz CT molecular complexity index is 383. The van der Waals surface area contributed by atoms with Crippen molar-refractivity contribution < 1.29 is 14.6 Å². The number of esters is 1. The smallest absolute Gasteiger partial charge is 0.333 e. The van der Waals surface area contributed by atoms with E-state index in [0.29, 0.717) is 5.57 Å². The highest BCUT2D eigenvalue weighted by atomic mass is 16.5. The van der Waals surface area contributed by atoms with Crippen molar-refractivity contribution in [1.29, 1.82) is 0 Å². The van der Waals surface area contributed by atoms with Crippen LogP contribution in [0.15, 0.2) is 42.5 Å². The van der Waals surface area contributed by atoms with Crippen LogP contribution in [0.1, 0.15) is 11.7 Å². The van der Waals surface area contributed by atoms with Gasteiger partial charge in [-0.2, -0.15) is 0 Å². The van der Waals surface area contributed by atoms with Gasteiger partial charge in [0.2, 0.25) is 0 Å². The molecule has 1 aliphatic heterocycles. The summed E-state index contributed by atoms with van der Waals surface area (Å²) in [5, 5.41) is 10.0. The molecule has 2 atom stereocenters. The zero-order chi connectivity index (χ0) is 10.8. The SMILES string of the molecule is C=C1C(=O)OCC1C(O)c1ccccc1. The highest BCUT2D eigenvalue weighted by Gasteiger charge is 2.34. The summed E-state index contributed by atoms with van der Waals surface area (Å²) in [6.07, 6.45) is -0.717. The summed E-state index contributed by atoms with van der Waals surface area (Å²) >= 11 is 0. The van der Waals surface area contributed by atoms with Crippen LogP contribution in [0.25, 0.3) is 0 Å². The first-order valence-electron chi connectivity index (χ1n) is 4.79. The molecule has 0 aliphatic carbocycles. The maximum Gasteiger partial charge on any atom is 0.333 e. The fraction of sp³-hybridized carbons (Fsp3) is 0.250. The fourth-order valence-corrected chi connectivity index (χ4v) is 1.67. The molecule has 0 bridgehead atoms. The van der Waals surface area contributed by atoms with Gasteiger partial charge in [-0.1, -0.05) is 36.9 Å². The molecule has 2 unspecified atom stereocenters. The van der Waals surface area contributed by atoms with Crippen LogP contribution in [0.4, 0.5) is 0 Å². The van der Waals surface area contributed by atoms with Gasteiger partial charge in [-0.05, 0) is 5.56 Å². The average Bonchev–Trinajstić information content (AvgIpc) is 2.60. The average molecular weight is 204 g/mol. The van der Waals surface area contributed by atoms with Crippen LogP contribution in [-0.2, 0) is 9.53 Å². The Kier molecular flexibility index (Phi) is 2.56. The normalized spacial score (nSPS) is 22.6. The van der Waals surface area contributed by atoms with Crippen molar-refractivity contribution in [2.24, 2.45) is 5.92 Å². The topological polar surface area (TPSA) is 46.5 Å². The predicted octanol–water partition coefficient (Wildman–Crippen LogP) is 1.45. The van der Waals surface area contributed by atoms with Gasteiger partial charge >= 0.3 is 5.97 Å². The summed E-state index contributed by atoms with van der Waals surface area (Å²) in [5.74, 6) is -0.727. The molecule has 1 heterocycles. The maximum atomic E-state index is 11.1. The molecule has 1 N–H and O–H groups in total. The predicted molar refractivity (Wildman–Crippen MR) is 55.0 cm³/mol. The molecular weight excluding hydrogens is 192 g/mol. The molecule has 1 aliphatic rings. The summed E-state index contributed by atoms with van der Waals surface area (Å²) < 4.78 is 4.82. The Morgan fingerprint density at radius 2 is 2.07 bits per heavy atom. The first kappa shape index (κ1) is 9.93. The third kappa shape index (κ3) is 1.78. The van der Waals surface area contributed by atoms with Gasteiger partial charge < -0.3 is 9.84 Å². The van der Waals surface area contributed by atoms with E-state index in [2.05, 4.69) is 6.58 Å². The molecule has 3 heteroatoms. The molecule has 1 saturated heterocycles. The van der Waals surface area contributed by atoms with Gasteiger partial charge in [0.25, 0.3) is 0 Å². The van der Waals surface area contributed by atoms with E-state index in [4.69, 9.17) is 4.74 Å². The molecule has 0 amide bonds. The quantitative estimate of drug-likeness (QED) is 0.586. The van der Waals surface area contributed by atoms with Crippen molar-refractivity contribution in [3.63, 3.8) is 0 Å². The molecule has 1 aromatic rings. The number of carbonyl (C=O) groups excluding carboxylic acids is 1. The first-order chi connectivity index (χ1) is 7.20. The lowest BCUT2D eigenvalue weighted by Gasteiger charge is -2.16. The molecule has 1 fully saturated rings. The number of benzene rings is 1. The number of cyclic esters (lactones) is 1. The van der Waals surface area contributed by atoms with Crippen LogP contribution in [0.5, 0.6) is 0 Å². The molecule has 0 saturated carbocycles. The number of aliphatic hydroxyl groups is 1. The second-order valence-corrected chi connectivity index (χ2v) is 3.59. The molecule has 1 aromatic carbocycles. The second-order valence-electron chi connectivity index (χ2n) is 3.59. The third-order valence-corrected chi connectivity index (χ3v) is 2.63. The van der Waals surface area contributed by atoms with E-state index in [-0.39, 0.29) is 12.5 Å². The number of hydrogen-bond acceptors (Lipinski definition) is 3. The lowest BCUT2D eigenvalue weighted by atomic mass is 9.92. The van der Waals surface area contributed by atoms with Gasteiger partial charge in [0.05, 0.1) is 12.0 Å². The van der Waals surface area contributed by atoms with E-state index in [1.165, 1.54) is 0 Å². The highest BCUT2D eigenvalue weighted by Crippen LogP contribution is 2.31. The van der Waals surface area contributed by atoms with E-state index in [1.807, 2.05) is 30.3 Å². The van der Waals surface area contributed by atoms with Crippen LogP contribution in [-0.4, -0.2) is 17.7 Å². The monoisotopic (exact) mass is 204 g/mol. The zero-order valence-electron chi connectivity index (χ0n) is 8.22. The van der Waals surface area contributed by atoms with E-state index in [1.54, 1.807) is 0 Å². The fourth-order valence-electron chi connectivity index (χ4n) is 1.67. The Morgan fingerprint density at radius 3 is 2.60 bits per heavy atom. The van der Waals surface area contributed by atoms with Crippen LogP contribution in [0.3, 0.4) is 0 Å². The van der Waals surface area contributed by atoms with Gasteiger partial charge in [0, 0.05) is 5.57 Å². The summed E-state index contributed by atoms with van der Waals surface area (Å²) in [6, 6.07) is 9.21. The Morgan fingerprint density at radius 1 is 1.40 bits per heavy atom. The molecule has 0 radical (unpaired) electrons. The van der Waals surface area contributed by atoms with Crippen molar-refractivity contribution in [1.82, 2.24) is 0 Å². The maximum absolute atomic E-state index is 11.1. The Hall–Kier alpha value is -1.61. The van der Waals surface area contributed by atoms with E-state index in [9.17, 15) is 9.90 Å². The lowest BCUT2D eigenvalue weighted by Crippen LogP contribution is -2.14.